The number of nitrogens with one attached hydrogen (secondary N) is 1. The molecule has 0 unspecified atom stereocenters. The normalized spacial score (nSPS) is 18.4. The molecule has 3 aromatic rings. The van der Waals surface area contributed by atoms with E-state index in [1.165, 1.54) is 29.2 Å². The third-order valence-corrected chi connectivity index (χ3v) is 7.22. The summed E-state index contributed by atoms with van der Waals surface area (Å²) in [5, 5.41) is 3.39. The zero-order valence-corrected chi connectivity index (χ0v) is 21.2. The highest BCUT2D eigenvalue weighted by molar-refractivity contribution is 6.30. The van der Waals surface area contributed by atoms with Crippen molar-refractivity contribution in [1.82, 2.24) is 20.1 Å². The quantitative estimate of drug-likeness (QED) is 0.537. The van der Waals surface area contributed by atoms with Crippen molar-refractivity contribution in [1.29, 1.82) is 0 Å². The van der Waals surface area contributed by atoms with E-state index in [4.69, 9.17) is 16.3 Å². The summed E-state index contributed by atoms with van der Waals surface area (Å²) < 4.78 is 19.8. The second-order valence-electron chi connectivity index (χ2n) is 9.29. The summed E-state index contributed by atoms with van der Waals surface area (Å²) in [6.07, 6.45) is 2.28. The Morgan fingerprint density at radius 2 is 1.63 bits per heavy atom. The third kappa shape index (κ3) is 5.25. The van der Waals surface area contributed by atoms with Crippen molar-refractivity contribution in [2.75, 3.05) is 19.7 Å². The minimum atomic E-state index is -1.07. The molecule has 38 heavy (non-hydrogen) atoms. The van der Waals surface area contributed by atoms with Crippen molar-refractivity contribution < 1.29 is 23.5 Å². The van der Waals surface area contributed by atoms with Crippen LogP contribution in [0.1, 0.15) is 39.3 Å². The first-order valence-corrected chi connectivity index (χ1v) is 12.7. The van der Waals surface area contributed by atoms with Crippen LogP contribution in [-0.2, 0) is 16.1 Å². The molecule has 1 N–H and O–H groups in total. The van der Waals surface area contributed by atoms with Gasteiger partial charge in [-0.2, -0.15) is 0 Å². The van der Waals surface area contributed by atoms with Crippen molar-refractivity contribution in [3.05, 3.63) is 101 Å². The number of carbonyl (C=O) groups is 3. The van der Waals surface area contributed by atoms with Gasteiger partial charge < -0.3 is 15.0 Å². The lowest BCUT2D eigenvalue weighted by atomic mass is 9.96. The molecule has 2 aromatic carbocycles. The van der Waals surface area contributed by atoms with Crippen molar-refractivity contribution in [3.8, 4) is 0 Å². The summed E-state index contributed by atoms with van der Waals surface area (Å²) in [5.74, 6) is -1.41. The average molecular weight is 537 g/mol. The number of hydrogen-bond donors (Lipinski definition) is 1. The Kier molecular flexibility index (Phi) is 7.40. The molecule has 196 valence electrons. The average Bonchev–Trinajstić information content (AvgIpc) is 3.31. The minimum absolute atomic E-state index is 0.00607. The Morgan fingerprint density at radius 3 is 2.29 bits per heavy atom. The molecule has 3 heterocycles. The Morgan fingerprint density at radius 1 is 0.974 bits per heavy atom. The molecule has 10 heteroatoms. The summed E-state index contributed by atoms with van der Waals surface area (Å²) >= 11 is 5.95. The van der Waals surface area contributed by atoms with Crippen molar-refractivity contribution >= 4 is 29.3 Å². The number of pyridine rings is 1. The number of halogens is 2. The number of carbonyl (C=O) groups excluding carboxylic acids is 3. The lowest BCUT2D eigenvalue weighted by Crippen LogP contribution is -2.59. The highest BCUT2D eigenvalue weighted by Crippen LogP contribution is 2.39. The van der Waals surface area contributed by atoms with Gasteiger partial charge in [-0.05, 0) is 60.7 Å². The second kappa shape index (κ2) is 10.9. The fraction of sp³-hybridized carbons (Fsp3) is 0.286. The van der Waals surface area contributed by atoms with Crippen LogP contribution in [0.15, 0.2) is 72.9 Å². The summed E-state index contributed by atoms with van der Waals surface area (Å²) in [6.45, 7) is 0.866. The van der Waals surface area contributed by atoms with Crippen LogP contribution in [0.2, 0.25) is 5.02 Å². The van der Waals surface area contributed by atoms with Gasteiger partial charge in [0, 0.05) is 48.3 Å². The number of likely N-dealkylation sites (tertiary alicyclic amines) is 1. The summed E-state index contributed by atoms with van der Waals surface area (Å²) in [5.41, 5.74) is 0.372. The van der Waals surface area contributed by atoms with Gasteiger partial charge in [0.2, 0.25) is 5.91 Å². The topological polar surface area (TPSA) is 91.8 Å². The summed E-state index contributed by atoms with van der Waals surface area (Å²) in [7, 11) is 0. The monoisotopic (exact) mass is 536 g/mol. The van der Waals surface area contributed by atoms with Crippen LogP contribution in [-0.4, -0.2) is 64.0 Å². The smallest absolute Gasteiger partial charge is 0.256 e. The maximum atomic E-state index is 13.7. The van der Waals surface area contributed by atoms with Gasteiger partial charge in [0.1, 0.15) is 17.6 Å². The molecule has 2 saturated heterocycles. The number of aromatic nitrogens is 1. The van der Waals surface area contributed by atoms with E-state index in [0.29, 0.717) is 42.2 Å². The molecule has 0 saturated carbocycles. The fourth-order valence-corrected chi connectivity index (χ4v) is 5.06. The standard InChI is InChI=1S/C28H26ClFN4O4/c29-21-8-4-19(5-9-21)26(36)33-15-12-28(13-16-33)34(27(37)20-6-10-22(30)11-7-20)24(18-38-28)25(35)32-17-23-3-1-2-14-31-23/h1-11,14,24H,12-13,15-18H2,(H,32,35)/t24-/m0/s1. The Labute approximate surface area is 224 Å². The first kappa shape index (κ1) is 25.8. The number of ether oxygens (including phenoxy) is 1. The Bertz CT molecular complexity index is 1310. The Balaban J connectivity index is 1.36. The van der Waals surface area contributed by atoms with E-state index >= 15 is 0 Å². The number of nitrogens with zero attached hydrogens (tertiary/aromatic N) is 3. The van der Waals surface area contributed by atoms with Gasteiger partial charge in [-0.1, -0.05) is 17.7 Å². The van der Waals surface area contributed by atoms with Gasteiger partial charge in [-0.25, -0.2) is 4.39 Å². The summed E-state index contributed by atoms with van der Waals surface area (Å²) in [4.78, 5) is 47.4. The van der Waals surface area contributed by atoms with Crippen molar-refractivity contribution in [2.24, 2.45) is 0 Å². The molecule has 0 aliphatic carbocycles. The van der Waals surface area contributed by atoms with E-state index in [-0.39, 0.29) is 30.5 Å². The Hall–Kier alpha value is -3.82. The minimum Gasteiger partial charge on any atom is -0.353 e. The SMILES string of the molecule is O=C(NCc1ccccn1)[C@@H]1COC2(CCN(C(=O)c3ccc(Cl)cc3)CC2)N1C(=O)c1ccc(F)cc1. The van der Waals surface area contributed by atoms with Crippen LogP contribution in [0.3, 0.4) is 0 Å². The van der Waals surface area contributed by atoms with Gasteiger partial charge in [-0.15, -0.1) is 0 Å². The predicted molar refractivity (Wildman–Crippen MR) is 138 cm³/mol. The fourth-order valence-electron chi connectivity index (χ4n) is 4.93. The van der Waals surface area contributed by atoms with Gasteiger partial charge >= 0.3 is 0 Å². The molecule has 1 atom stereocenters. The second-order valence-corrected chi connectivity index (χ2v) is 9.73. The van der Waals surface area contributed by atoms with Crippen LogP contribution in [0.4, 0.5) is 4.39 Å². The van der Waals surface area contributed by atoms with Crippen LogP contribution < -0.4 is 5.32 Å². The molecule has 0 bridgehead atoms. The molecule has 5 rings (SSSR count). The number of rotatable bonds is 5. The molecule has 2 aliphatic rings. The van der Waals surface area contributed by atoms with E-state index in [0.717, 1.165) is 0 Å². The van der Waals surface area contributed by atoms with Crippen LogP contribution in [0, 0.1) is 5.82 Å². The highest BCUT2D eigenvalue weighted by Gasteiger charge is 2.54. The zero-order valence-electron chi connectivity index (χ0n) is 20.5. The van der Waals surface area contributed by atoms with Crippen molar-refractivity contribution in [3.63, 3.8) is 0 Å². The van der Waals surface area contributed by atoms with Crippen LogP contribution in [0.25, 0.3) is 0 Å². The molecule has 8 nitrogen and oxygen atoms in total. The molecule has 1 spiro atoms. The van der Waals surface area contributed by atoms with E-state index < -0.39 is 23.5 Å². The molecule has 3 amide bonds. The van der Waals surface area contributed by atoms with Gasteiger partial charge in [-0.3, -0.25) is 24.3 Å². The summed E-state index contributed by atoms with van der Waals surface area (Å²) in [6, 6.07) is 16.4. The van der Waals surface area contributed by atoms with Gasteiger partial charge in [0.05, 0.1) is 18.8 Å². The maximum Gasteiger partial charge on any atom is 0.256 e. The zero-order chi connectivity index (χ0) is 26.7. The first-order valence-electron chi connectivity index (χ1n) is 12.3. The van der Waals surface area contributed by atoms with Gasteiger partial charge in [0.15, 0.2) is 0 Å². The van der Waals surface area contributed by atoms with E-state index in [9.17, 15) is 18.8 Å². The lowest BCUT2D eigenvalue weighted by molar-refractivity contribution is -0.128. The largest absolute Gasteiger partial charge is 0.353 e. The molecule has 2 aliphatic heterocycles. The number of hydrogen-bond acceptors (Lipinski definition) is 5. The molecule has 2 fully saturated rings. The molecular formula is C28H26ClFN4O4. The predicted octanol–water partition coefficient (Wildman–Crippen LogP) is 3.66. The third-order valence-electron chi connectivity index (χ3n) is 6.97. The molecule has 0 radical (unpaired) electrons. The number of piperidine rings is 1. The van der Waals surface area contributed by atoms with Crippen LogP contribution >= 0.6 is 11.6 Å². The van der Waals surface area contributed by atoms with Gasteiger partial charge in [0.25, 0.3) is 11.8 Å². The molecule has 1 aromatic heterocycles. The van der Waals surface area contributed by atoms with Crippen molar-refractivity contribution in [2.45, 2.75) is 31.2 Å². The van der Waals surface area contributed by atoms with Crippen LogP contribution in [0.5, 0.6) is 0 Å². The highest BCUT2D eigenvalue weighted by atomic mass is 35.5. The first-order chi connectivity index (χ1) is 18.4. The maximum absolute atomic E-state index is 13.7. The number of amides is 3. The van der Waals surface area contributed by atoms with E-state index in [2.05, 4.69) is 10.3 Å². The van der Waals surface area contributed by atoms with E-state index in [1.807, 2.05) is 6.07 Å². The lowest BCUT2D eigenvalue weighted by Gasteiger charge is -2.44. The van der Waals surface area contributed by atoms with E-state index in [1.54, 1.807) is 47.5 Å². The molecular weight excluding hydrogens is 511 g/mol. The number of benzene rings is 2.